The molecule has 0 spiro atoms. The number of hydrogen-bond acceptors (Lipinski definition) is 3. The van der Waals surface area contributed by atoms with Crippen LogP contribution in [0.15, 0.2) is 42.5 Å². The predicted octanol–water partition coefficient (Wildman–Crippen LogP) is 2.39. The van der Waals surface area contributed by atoms with Crippen molar-refractivity contribution < 1.29 is 24.2 Å². The van der Waals surface area contributed by atoms with E-state index in [0.717, 1.165) is 0 Å². The fourth-order valence-electron chi connectivity index (χ4n) is 1.83. The summed E-state index contributed by atoms with van der Waals surface area (Å²) in [5.74, 6) is -2.55. The Morgan fingerprint density at radius 2 is 1.80 bits per heavy atom. The van der Waals surface area contributed by atoms with Crippen molar-refractivity contribution in [2.45, 2.75) is 6.42 Å². The average molecular weight is 274 g/mol. The molecule has 0 heterocycles. The largest absolute Gasteiger partial charge is 0.508 e. The molecule has 0 aliphatic carbocycles. The molecule has 0 aliphatic rings. The van der Waals surface area contributed by atoms with Crippen molar-refractivity contribution in [3.05, 3.63) is 65.0 Å². The molecule has 0 amide bonds. The lowest BCUT2D eigenvalue weighted by atomic mass is 9.99. The monoisotopic (exact) mass is 274 g/mol. The molecule has 0 radical (unpaired) electrons. The Hall–Kier alpha value is -2.69. The Labute approximate surface area is 114 Å². The van der Waals surface area contributed by atoms with Crippen molar-refractivity contribution in [2.75, 3.05) is 0 Å². The minimum atomic E-state index is -1.13. The zero-order valence-corrected chi connectivity index (χ0v) is 10.3. The lowest BCUT2D eigenvalue weighted by molar-refractivity contribution is -0.136. The molecule has 4 nitrogen and oxygen atoms in total. The van der Waals surface area contributed by atoms with E-state index in [1.165, 1.54) is 42.5 Å². The van der Waals surface area contributed by atoms with Crippen LogP contribution in [-0.4, -0.2) is 22.0 Å². The van der Waals surface area contributed by atoms with E-state index in [4.69, 9.17) is 5.11 Å². The third-order valence-electron chi connectivity index (χ3n) is 2.80. The number of ketones is 1. The van der Waals surface area contributed by atoms with Gasteiger partial charge >= 0.3 is 5.97 Å². The van der Waals surface area contributed by atoms with Crippen molar-refractivity contribution in [1.82, 2.24) is 0 Å². The second-order valence-electron chi connectivity index (χ2n) is 4.22. The van der Waals surface area contributed by atoms with Crippen LogP contribution in [0, 0.1) is 5.82 Å². The summed E-state index contributed by atoms with van der Waals surface area (Å²) >= 11 is 0. The number of aliphatic carboxylic acids is 1. The molecule has 0 saturated carbocycles. The molecule has 0 unspecified atom stereocenters. The van der Waals surface area contributed by atoms with E-state index >= 15 is 0 Å². The molecule has 2 aromatic carbocycles. The van der Waals surface area contributed by atoms with Crippen molar-refractivity contribution >= 4 is 11.8 Å². The van der Waals surface area contributed by atoms with Crippen molar-refractivity contribution in [1.29, 1.82) is 0 Å². The minimum absolute atomic E-state index is 0.0977. The number of carbonyl (C=O) groups is 2. The first-order valence-corrected chi connectivity index (χ1v) is 5.82. The lowest BCUT2D eigenvalue weighted by Crippen LogP contribution is -2.06. The lowest BCUT2D eigenvalue weighted by Gasteiger charge is -2.06. The van der Waals surface area contributed by atoms with Crippen LogP contribution in [0.2, 0.25) is 0 Å². The number of hydrogen-bond donors (Lipinski definition) is 2. The van der Waals surface area contributed by atoms with Gasteiger partial charge in [-0.25, -0.2) is 4.39 Å². The number of carboxylic acids is 1. The van der Waals surface area contributed by atoms with Gasteiger partial charge < -0.3 is 10.2 Å². The normalized spacial score (nSPS) is 10.2. The quantitative estimate of drug-likeness (QED) is 0.839. The maximum atomic E-state index is 13.6. The van der Waals surface area contributed by atoms with Gasteiger partial charge in [0.05, 0.1) is 12.0 Å². The number of aromatic hydroxyl groups is 1. The maximum Gasteiger partial charge on any atom is 0.307 e. The second kappa shape index (κ2) is 5.52. The molecular weight excluding hydrogens is 263 g/mol. The fraction of sp³-hybridized carbons (Fsp3) is 0.0667. The Kier molecular flexibility index (Phi) is 3.79. The van der Waals surface area contributed by atoms with Gasteiger partial charge in [-0.1, -0.05) is 12.1 Å². The van der Waals surface area contributed by atoms with Gasteiger partial charge in [0.1, 0.15) is 11.6 Å². The molecule has 0 atom stereocenters. The number of rotatable bonds is 4. The molecule has 0 aliphatic heterocycles. The molecule has 0 saturated heterocycles. The van der Waals surface area contributed by atoms with Gasteiger partial charge in [-0.15, -0.1) is 0 Å². The van der Waals surface area contributed by atoms with E-state index in [9.17, 15) is 19.1 Å². The first kappa shape index (κ1) is 13.7. The highest BCUT2D eigenvalue weighted by atomic mass is 19.1. The summed E-state index contributed by atoms with van der Waals surface area (Å²) in [4.78, 5) is 22.8. The standard InChI is InChI=1S/C15H11FO4/c16-12-4-2-1-3-11(12)15(20)9-5-6-13(17)10(7-9)8-14(18)19/h1-7,17H,8H2,(H,18,19). The number of halogens is 1. The van der Waals surface area contributed by atoms with Crippen molar-refractivity contribution in [3.63, 3.8) is 0 Å². The molecule has 0 bridgehead atoms. The first-order valence-electron chi connectivity index (χ1n) is 5.82. The van der Waals surface area contributed by atoms with Crippen LogP contribution in [0.4, 0.5) is 4.39 Å². The smallest absolute Gasteiger partial charge is 0.307 e. The number of carboxylic acid groups (broad SMARTS) is 1. The molecular formula is C15H11FO4. The topological polar surface area (TPSA) is 74.6 Å². The molecule has 2 rings (SSSR count). The second-order valence-corrected chi connectivity index (χ2v) is 4.22. The van der Waals surface area contributed by atoms with Gasteiger partial charge in [0.2, 0.25) is 0 Å². The van der Waals surface area contributed by atoms with Gasteiger partial charge in [0.25, 0.3) is 0 Å². The zero-order chi connectivity index (χ0) is 14.7. The Morgan fingerprint density at radius 3 is 2.45 bits per heavy atom. The molecule has 2 aromatic rings. The van der Waals surface area contributed by atoms with Crippen LogP contribution in [0.3, 0.4) is 0 Å². The van der Waals surface area contributed by atoms with E-state index in [1.807, 2.05) is 0 Å². The molecule has 102 valence electrons. The number of benzene rings is 2. The van der Waals surface area contributed by atoms with E-state index < -0.39 is 24.0 Å². The van der Waals surface area contributed by atoms with Crippen LogP contribution in [0.5, 0.6) is 5.75 Å². The molecule has 0 fully saturated rings. The third-order valence-corrected chi connectivity index (χ3v) is 2.80. The first-order chi connectivity index (χ1) is 9.49. The predicted molar refractivity (Wildman–Crippen MR) is 69.3 cm³/mol. The zero-order valence-electron chi connectivity index (χ0n) is 10.3. The van der Waals surface area contributed by atoms with Crippen molar-refractivity contribution in [3.8, 4) is 5.75 Å². The van der Waals surface area contributed by atoms with Crippen LogP contribution < -0.4 is 0 Å². The van der Waals surface area contributed by atoms with Crippen LogP contribution in [0.1, 0.15) is 21.5 Å². The summed E-state index contributed by atoms with van der Waals surface area (Å²) in [7, 11) is 0. The van der Waals surface area contributed by atoms with Gasteiger partial charge in [0.15, 0.2) is 5.78 Å². The summed E-state index contributed by atoms with van der Waals surface area (Å²) < 4.78 is 13.6. The van der Waals surface area contributed by atoms with E-state index in [2.05, 4.69) is 0 Å². The highest BCUT2D eigenvalue weighted by Crippen LogP contribution is 2.21. The summed E-state index contributed by atoms with van der Waals surface area (Å²) in [5, 5.41) is 18.3. The molecule has 5 heteroatoms. The van der Waals surface area contributed by atoms with Gasteiger partial charge in [0, 0.05) is 11.1 Å². The third kappa shape index (κ3) is 2.83. The van der Waals surface area contributed by atoms with Gasteiger partial charge in [-0.3, -0.25) is 9.59 Å². The van der Waals surface area contributed by atoms with E-state index in [0.29, 0.717) is 0 Å². The maximum absolute atomic E-state index is 13.6. The van der Waals surface area contributed by atoms with Crippen molar-refractivity contribution in [2.24, 2.45) is 0 Å². The Morgan fingerprint density at radius 1 is 1.10 bits per heavy atom. The van der Waals surface area contributed by atoms with Gasteiger partial charge in [-0.05, 0) is 30.3 Å². The summed E-state index contributed by atoms with van der Waals surface area (Å²) in [6.45, 7) is 0. The summed E-state index contributed by atoms with van der Waals surface area (Å²) in [6.07, 6.45) is -0.412. The fourth-order valence-corrected chi connectivity index (χ4v) is 1.83. The number of carbonyl (C=O) groups excluding carboxylic acids is 1. The summed E-state index contributed by atoms with van der Waals surface area (Å²) in [6, 6.07) is 9.35. The molecule has 20 heavy (non-hydrogen) atoms. The Balaban J connectivity index is 2.41. The van der Waals surface area contributed by atoms with E-state index in [-0.39, 0.29) is 22.4 Å². The van der Waals surface area contributed by atoms with Crippen LogP contribution in [-0.2, 0) is 11.2 Å². The van der Waals surface area contributed by atoms with Gasteiger partial charge in [-0.2, -0.15) is 0 Å². The van der Waals surface area contributed by atoms with Crippen LogP contribution in [0.25, 0.3) is 0 Å². The van der Waals surface area contributed by atoms with Crippen LogP contribution >= 0.6 is 0 Å². The number of phenols is 1. The van der Waals surface area contributed by atoms with E-state index in [1.54, 1.807) is 0 Å². The molecule has 2 N–H and O–H groups in total. The SMILES string of the molecule is O=C(O)Cc1cc(C(=O)c2ccccc2F)ccc1O. The summed E-state index contributed by atoms with van der Waals surface area (Å²) in [5.41, 5.74) is 0.142. The highest BCUT2D eigenvalue weighted by Gasteiger charge is 2.16. The average Bonchev–Trinajstić information content (AvgIpc) is 2.40. The Bertz CT molecular complexity index is 679. The number of phenolic OH excluding ortho intramolecular Hbond substituents is 1. The highest BCUT2D eigenvalue weighted by molar-refractivity contribution is 6.09. The molecule has 0 aromatic heterocycles. The minimum Gasteiger partial charge on any atom is -0.508 e.